The molecule has 3 rings (SSSR count). The number of fused-ring (bicyclic) bond motifs is 1. The Labute approximate surface area is 137 Å². The van der Waals surface area contributed by atoms with E-state index in [9.17, 15) is 9.59 Å². The van der Waals surface area contributed by atoms with Gasteiger partial charge in [0.05, 0.1) is 11.8 Å². The minimum absolute atomic E-state index is 0.0774. The van der Waals surface area contributed by atoms with E-state index in [0.717, 1.165) is 22.3 Å². The highest BCUT2D eigenvalue weighted by Crippen LogP contribution is 2.37. The maximum Gasteiger partial charge on any atom is 0.241 e. The van der Waals surface area contributed by atoms with Gasteiger partial charge < -0.3 is 15.0 Å². The lowest BCUT2D eigenvalue weighted by molar-refractivity contribution is -0.128. The fraction of sp³-hybridized carbons (Fsp3) is 0.333. The predicted molar refractivity (Wildman–Crippen MR) is 88.5 cm³/mol. The van der Waals surface area contributed by atoms with Gasteiger partial charge in [-0.25, -0.2) is 9.97 Å². The molecule has 2 aromatic heterocycles. The van der Waals surface area contributed by atoms with E-state index in [1.54, 1.807) is 18.0 Å². The van der Waals surface area contributed by atoms with Crippen LogP contribution < -0.4 is 10.1 Å². The molecule has 120 valence electrons. The number of nitrogens with zero attached hydrogens (tertiary/aromatic N) is 3. The predicted octanol–water partition coefficient (Wildman–Crippen LogP) is 1.90. The molecule has 0 saturated carbocycles. The van der Waals surface area contributed by atoms with Crippen LogP contribution in [0.2, 0.25) is 0 Å². The highest BCUT2D eigenvalue weighted by molar-refractivity contribution is 7.22. The van der Waals surface area contributed by atoms with Crippen LogP contribution in [0.15, 0.2) is 12.3 Å². The second-order valence-electron chi connectivity index (χ2n) is 5.08. The van der Waals surface area contributed by atoms with Gasteiger partial charge in [0.15, 0.2) is 5.13 Å². The van der Waals surface area contributed by atoms with Crippen molar-refractivity contribution in [1.82, 2.24) is 14.9 Å². The molecule has 0 unspecified atom stereocenters. The van der Waals surface area contributed by atoms with Gasteiger partial charge in [-0.2, -0.15) is 0 Å². The third kappa shape index (κ3) is 2.89. The maximum absolute atomic E-state index is 11.4. The van der Waals surface area contributed by atoms with Crippen molar-refractivity contribution >= 4 is 44.6 Å². The fourth-order valence-electron chi connectivity index (χ4n) is 2.58. The molecule has 2 aromatic rings. The van der Waals surface area contributed by atoms with Crippen LogP contribution in [0.3, 0.4) is 0 Å². The number of thiazole rings is 1. The molecule has 8 heteroatoms. The molecule has 0 fully saturated rings. The summed E-state index contributed by atoms with van der Waals surface area (Å²) in [5.74, 6) is 0.509. The van der Waals surface area contributed by atoms with E-state index in [1.807, 2.05) is 6.08 Å². The second kappa shape index (κ2) is 6.33. The van der Waals surface area contributed by atoms with Crippen molar-refractivity contribution in [2.75, 3.05) is 25.5 Å². The number of carbonyl (C=O) groups excluding carboxylic acids is 2. The summed E-state index contributed by atoms with van der Waals surface area (Å²) in [6.45, 7) is 2.86. The lowest BCUT2D eigenvalue weighted by Gasteiger charge is -2.25. The second-order valence-corrected chi connectivity index (χ2v) is 6.08. The maximum atomic E-state index is 11.4. The van der Waals surface area contributed by atoms with Crippen molar-refractivity contribution in [2.24, 2.45) is 0 Å². The van der Waals surface area contributed by atoms with Gasteiger partial charge in [-0.15, -0.1) is 0 Å². The molecule has 23 heavy (non-hydrogen) atoms. The molecule has 0 spiro atoms. The first-order valence-electron chi connectivity index (χ1n) is 7.12. The summed E-state index contributed by atoms with van der Waals surface area (Å²) >= 11 is 1.38. The number of pyridine rings is 1. The Morgan fingerprint density at radius 2 is 2.35 bits per heavy atom. The number of carbonyl (C=O) groups is 2. The summed E-state index contributed by atoms with van der Waals surface area (Å²) in [5, 5.41) is 3.08. The van der Waals surface area contributed by atoms with Crippen LogP contribution in [0.5, 0.6) is 5.88 Å². The van der Waals surface area contributed by atoms with Crippen molar-refractivity contribution in [1.29, 1.82) is 0 Å². The number of hydrogen-bond donors (Lipinski definition) is 1. The number of hydrogen-bond acceptors (Lipinski definition) is 6. The van der Waals surface area contributed by atoms with Crippen LogP contribution in [0.1, 0.15) is 18.9 Å². The van der Waals surface area contributed by atoms with E-state index < -0.39 is 0 Å². The summed E-state index contributed by atoms with van der Waals surface area (Å²) in [7, 11) is 1.54. The first kappa shape index (κ1) is 15.4. The summed E-state index contributed by atoms with van der Waals surface area (Å²) in [6, 6.07) is 0. The highest BCUT2D eigenvalue weighted by Gasteiger charge is 2.20. The SMILES string of the molecule is COc1ncc(C2=CCN(C(C)=O)CC2)c2sc(NC=O)nc12. The Morgan fingerprint density at radius 1 is 1.52 bits per heavy atom. The van der Waals surface area contributed by atoms with E-state index in [-0.39, 0.29) is 5.91 Å². The number of rotatable bonds is 4. The van der Waals surface area contributed by atoms with Crippen LogP contribution >= 0.6 is 11.3 Å². The van der Waals surface area contributed by atoms with E-state index in [1.165, 1.54) is 18.4 Å². The molecule has 7 nitrogen and oxygen atoms in total. The largest absolute Gasteiger partial charge is 0.479 e. The standard InChI is InChI=1S/C15H16N4O3S/c1-9(21)19-5-3-10(4-6-19)11-7-16-14(22-2)12-13(11)23-15(18-12)17-8-20/h3,7-8H,4-6H2,1-2H3,(H,17,18,20). The average molecular weight is 332 g/mol. The lowest BCUT2D eigenvalue weighted by atomic mass is 10.0. The quantitative estimate of drug-likeness (QED) is 0.865. The van der Waals surface area contributed by atoms with Crippen LogP contribution in [-0.2, 0) is 9.59 Å². The van der Waals surface area contributed by atoms with Crippen LogP contribution in [0, 0.1) is 0 Å². The molecule has 1 aliphatic rings. The van der Waals surface area contributed by atoms with E-state index in [0.29, 0.717) is 36.0 Å². The smallest absolute Gasteiger partial charge is 0.241 e. The van der Waals surface area contributed by atoms with Gasteiger partial charge in [0.1, 0.15) is 5.52 Å². The molecule has 0 aromatic carbocycles. The minimum atomic E-state index is 0.0774. The van der Waals surface area contributed by atoms with E-state index >= 15 is 0 Å². The zero-order valence-corrected chi connectivity index (χ0v) is 13.6. The Bertz CT molecular complexity index is 799. The van der Waals surface area contributed by atoms with Gasteiger partial charge >= 0.3 is 0 Å². The van der Waals surface area contributed by atoms with E-state index in [2.05, 4.69) is 15.3 Å². The normalized spacial score (nSPS) is 14.5. The molecule has 0 aliphatic carbocycles. The molecule has 0 saturated heterocycles. The third-order valence-electron chi connectivity index (χ3n) is 3.76. The number of methoxy groups -OCH3 is 1. The Hall–Kier alpha value is -2.48. The van der Waals surface area contributed by atoms with Crippen LogP contribution in [-0.4, -0.2) is 47.4 Å². The van der Waals surface area contributed by atoms with Crippen LogP contribution in [0.25, 0.3) is 15.8 Å². The van der Waals surface area contributed by atoms with Crippen LogP contribution in [0.4, 0.5) is 5.13 Å². The van der Waals surface area contributed by atoms with Crippen molar-refractivity contribution in [3.8, 4) is 5.88 Å². The van der Waals surface area contributed by atoms with Gasteiger partial charge in [-0.3, -0.25) is 9.59 Å². The summed E-state index contributed by atoms with van der Waals surface area (Å²) in [4.78, 5) is 32.6. The molecule has 0 atom stereocenters. The van der Waals surface area contributed by atoms with Gasteiger partial charge in [-0.1, -0.05) is 17.4 Å². The van der Waals surface area contributed by atoms with Gasteiger partial charge in [0.2, 0.25) is 18.2 Å². The Kier molecular flexibility index (Phi) is 4.24. The summed E-state index contributed by atoms with van der Waals surface area (Å²) < 4.78 is 6.17. The molecule has 0 radical (unpaired) electrons. The third-order valence-corrected chi connectivity index (χ3v) is 4.78. The van der Waals surface area contributed by atoms with Crippen molar-refractivity contribution in [3.63, 3.8) is 0 Å². The van der Waals surface area contributed by atoms with Gasteiger partial charge in [0, 0.05) is 31.8 Å². The van der Waals surface area contributed by atoms with Crippen molar-refractivity contribution in [3.05, 3.63) is 17.8 Å². The van der Waals surface area contributed by atoms with Crippen molar-refractivity contribution in [2.45, 2.75) is 13.3 Å². The fourth-order valence-corrected chi connectivity index (χ4v) is 3.54. The van der Waals surface area contributed by atoms with Gasteiger partial charge in [0.25, 0.3) is 0 Å². The monoisotopic (exact) mass is 332 g/mol. The van der Waals surface area contributed by atoms with Gasteiger partial charge in [-0.05, 0) is 12.0 Å². The molecule has 1 N–H and O–H groups in total. The molecular formula is C15H16N4O3S. The number of anilines is 1. The number of nitrogens with one attached hydrogen (secondary N) is 1. The first-order valence-corrected chi connectivity index (χ1v) is 7.94. The minimum Gasteiger partial charge on any atom is -0.479 e. The number of amides is 2. The summed E-state index contributed by atoms with van der Waals surface area (Å²) in [6.07, 6.45) is 5.17. The first-order chi connectivity index (χ1) is 11.1. The highest BCUT2D eigenvalue weighted by atomic mass is 32.1. The van der Waals surface area contributed by atoms with Crippen molar-refractivity contribution < 1.29 is 14.3 Å². The number of aromatic nitrogens is 2. The van der Waals surface area contributed by atoms with E-state index in [4.69, 9.17) is 4.74 Å². The number of ether oxygens (including phenoxy) is 1. The zero-order valence-electron chi connectivity index (χ0n) is 12.8. The average Bonchev–Trinajstić information content (AvgIpc) is 2.98. The molecular weight excluding hydrogens is 316 g/mol. The Morgan fingerprint density at radius 3 is 2.96 bits per heavy atom. The molecule has 0 bridgehead atoms. The topological polar surface area (TPSA) is 84.4 Å². The molecule has 2 amide bonds. The lowest BCUT2D eigenvalue weighted by Crippen LogP contribution is -2.32. The summed E-state index contributed by atoms with van der Waals surface area (Å²) in [5.41, 5.74) is 2.73. The zero-order chi connectivity index (χ0) is 16.4. The molecule has 1 aliphatic heterocycles. The molecule has 3 heterocycles. The Balaban J connectivity index is 2.04.